The van der Waals surface area contributed by atoms with Crippen LogP contribution >= 0.6 is 0 Å². The molecule has 1 N–H and O–H groups in total. The van der Waals surface area contributed by atoms with E-state index in [1.165, 1.54) is 5.56 Å². The lowest BCUT2D eigenvalue weighted by Crippen LogP contribution is -2.51. The van der Waals surface area contributed by atoms with Crippen molar-refractivity contribution in [2.75, 3.05) is 13.7 Å². The van der Waals surface area contributed by atoms with Crippen molar-refractivity contribution in [2.24, 2.45) is 0 Å². The summed E-state index contributed by atoms with van der Waals surface area (Å²) < 4.78 is 5.39. The highest BCUT2D eigenvalue weighted by atomic mass is 16.5. The van der Waals surface area contributed by atoms with E-state index in [-0.39, 0.29) is 18.2 Å². The Labute approximate surface area is 209 Å². The Balaban J connectivity index is 1.97. The number of ether oxygens (including phenoxy) is 1. The van der Waals surface area contributed by atoms with Crippen LogP contribution in [0.25, 0.3) is 0 Å². The normalized spacial score (nSPS) is 11.5. The number of benzene rings is 3. The summed E-state index contributed by atoms with van der Waals surface area (Å²) in [6.45, 7) is 7.02. The van der Waals surface area contributed by atoms with E-state index >= 15 is 0 Å². The number of hydrogen-bond acceptors (Lipinski definition) is 3. The molecule has 0 spiro atoms. The standard InChI is InChI=1S/C30H36N2O3/c1-5-16-31-30(34)28(19-24-10-7-6-8-11-24)32(21-26-12-9-13-27(18-26)35-4)29(33)20-25-15-14-22(2)23(3)17-25/h6-15,17-18,28H,5,16,19-21H2,1-4H3,(H,31,34)/t28-/m0/s1. The number of nitrogens with one attached hydrogen (secondary N) is 1. The first kappa shape index (κ1) is 26.0. The molecule has 35 heavy (non-hydrogen) atoms. The molecule has 0 aliphatic heterocycles. The van der Waals surface area contributed by atoms with Crippen molar-refractivity contribution >= 4 is 11.8 Å². The van der Waals surface area contributed by atoms with Crippen LogP contribution in [0.1, 0.15) is 41.2 Å². The predicted octanol–water partition coefficient (Wildman–Crippen LogP) is 5.02. The fourth-order valence-corrected chi connectivity index (χ4v) is 4.08. The molecule has 0 saturated heterocycles. The van der Waals surface area contributed by atoms with E-state index in [4.69, 9.17) is 4.74 Å². The van der Waals surface area contributed by atoms with Gasteiger partial charge in [0.2, 0.25) is 11.8 Å². The van der Waals surface area contributed by atoms with Crippen molar-refractivity contribution in [3.63, 3.8) is 0 Å². The number of methoxy groups -OCH3 is 1. The monoisotopic (exact) mass is 472 g/mol. The van der Waals surface area contributed by atoms with Crippen molar-refractivity contribution in [2.45, 2.75) is 52.6 Å². The van der Waals surface area contributed by atoms with Crippen molar-refractivity contribution < 1.29 is 14.3 Å². The largest absolute Gasteiger partial charge is 0.497 e. The summed E-state index contributed by atoms with van der Waals surface area (Å²) in [5.74, 6) is 0.509. The van der Waals surface area contributed by atoms with E-state index < -0.39 is 6.04 Å². The highest BCUT2D eigenvalue weighted by Gasteiger charge is 2.30. The maximum Gasteiger partial charge on any atom is 0.243 e. The van der Waals surface area contributed by atoms with E-state index in [1.54, 1.807) is 12.0 Å². The predicted molar refractivity (Wildman–Crippen MR) is 140 cm³/mol. The summed E-state index contributed by atoms with van der Waals surface area (Å²) in [6, 6.07) is 23.0. The number of amides is 2. The molecule has 0 saturated carbocycles. The Kier molecular flexibility index (Phi) is 9.47. The molecule has 0 fully saturated rings. The van der Waals surface area contributed by atoms with E-state index in [0.29, 0.717) is 19.5 Å². The van der Waals surface area contributed by atoms with Gasteiger partial charge in [-0.2, -0.15) is 0 Å². The minimum atomic E-state index is -0.630. The highest BCUT2D eigenvalue weighted by molar-refractivity contribution is 5.88. The van der Waals surface area contributed by atoms with Crippen LogP contribution < -0.4 is 10.1 Å². The number of aryl methyl sites for hydroxylation is 2. The Morgan fingerprint density at radius 1 is 0.886 bits per heavy atom. The molecule has 0 radical (unpaired) electrons. The third-order valence-electron chi connectivity index (χ3n) is 6.23. The summed E-state index contributed by atoms with van der Waals surface area (Å²) >= 11 is 0. The van der Waals surface area contributed by atoms with E-state index in [1.807, 2.05) is 80.6 Å². The highest BCUT2D eigenvalue weighted by Crippen LogP contribution is 2.20. The summed E-state index contributed by atoms with van der Waals surface area (Å²) in [5, 5.41) is 3.02. The Morgan fingerprint density at radius 2 is 1.63 bits per heavy atom. The van der Waals surface area contributed by atoms with Crippen molar-refractivity contribution in [1.29, 1.82) is 0 Å². The van der Waals surface area contributed by atoms with Crippen LogP contribution in [0.2, 0.25) is 0 Å². The number of nitrogens with zero attached hydrogens (tertiary/aromatic N) is 1. The lowest BCUT2D eigenvalue weighted by atomic mass is 10.00. The number of rotatable bonds is 11. The van der Waals surface area contributed by atoms with Crippen molar-refractivity contribution in [3.8, 4) is 5.75 Å². The minimum Gasteiger partial charge on any atom is -0.497 e. The first-order chi connectivity index (χ1) is 16.9. The molecule has 3 aromatic rings. The number of hydrogen-bond donors (Lipinski definition) is 1. The zero-order valence-electron chi connectivity index (χ0n) is 21.2. The summed E-state index contributed by atoms with van der Waals surface area (Å²) in [6.07, 6.45) is 1.51. The molecule has 0 aromatic heterocycles. The van der Waals surface area contributed by atoms with E-state index in [0.717, 1.165) is 34.4 Å². The molecule has 0 unspecified atom stereocenters. The second-order valence-corrected chi connectivity index (χ2v) is 8.97. The van der Waals surface area contributed by atoms with Crippen molar-refractivity contribution in [3.05, 3.63) is 101 Å². The van der Waals surface area contributed by atoms with Crippen LogP contribution in [0.4, 0.5) is 0 Å². The van der Waals surface area contributed by atoms with Gasteiger partial charge in [0.15, 0.2) is 0 Å². The molecular weight excluding hydrogens is 436 g/mol. The Hall–Kier alpha value is -3.60. The number of carbonyl (C=O) groups is 2. The van der Waals surface area contributed by atoms with Crippen LogP contribution in [0.5, 0.6) is 5.75 Å². The molecule has 5 heteroatoms. The average molecular weight is 473 g/mol. The maximum absolute atomic E-state index is 13.8. The van der Waals surface area contributed by atoms with E-state index in [2.05, 4.69) is 18.3 Å². The van der Waals surface area contributed by atoms with Gasteiger partial charge in [-0.1, -0.05) is 67.6 Å². The van der Waals surface area contributed by atoms with Crippen LogP contribution in [0.3, 0.4) is 0 Å². The fourth-order valence-electron chi connectivity index (χ4n) is 4.08. The second kappa shape index (κ2) is 12.7. The van der Waals surface area contributed by atoms with Gasteiger partial charge in [0.25, 0.3) is 0 Å². The third kappa shape index (κ3) is 7.44. The molecular formula is C30H36N2O3. The average Bonchev–Trinajstić information content (AvgIpc) is 2.87. The van der Waals surface area contributed by atoms with Crippen molar-refractivity contribution in [1.82, 2.24) is 10.2 Å². The Morgan fingerprint density at radius 3 is 2.31 bits per heavy atom. The Bertz CT molecular complexity index is 1130. The maximum atomic E-state index is 13.8. The molecule has 0 heterocycles. The lowest BCUT2D eigenvalue weighted by molar-refractivity contribution is -0.140. The first-order valence-electron chi connectivity index (χ1n) is 12.2. The van der Waals surface area contributed by atoms with Gasteiger partial charge in [-0.05, 0) is 60.2 Å². The molecule has 3 rings (SSSR count). The van der Waals surface area contributed by atoms with Crippen LogP contribution in [0, 0.1) is 13.8 Å². The van der Waals surface area contributed by atoms with Gasteiger partial charge in [-0.15, -0.1) is 0 Å². The lowest BCUT2D eigenvalue weighted by Gasteiger charge is -2.32. The van der Waals surface area contributed by atoms with E-state index in [9.17, 15) is 9.59 Å². The zero-order valence-corrected chi connectivity index (χ0v) is 21.2. The fraction of sp³-hybridized carbons (Fsp3) is 0.333. The molecule has 1 atom stereocenters. The SMILES string of the molecule is CCCNC(=O)[C@H](Cc1ccccc1)N(Cc1cccc(OC)c1)C(=O)Cc1ccc(C)c(C)c1. The van der Waals surface area contributed by atoms with Gasteiger partial charge >= 0.3 is 0 Å². The molecule has 2 amide bonds. The van der Waals surface area contributed by atoms with Crippen LogP contribution in [-0.2, 0) is 29.0 Å². The molecule has 0 aliphatic rings. The van der Waals surface area contributed by atoms with Gasteiger partial charge in [-0.25, -0.2) is 0 Å². The quantitative estimate of drug-likeness (QED) is 0.426. The zero-order chi connectivity index (χ0) is 25.2. The topological polar surface area (TPSA) is 58.6 Å². The van der Waals surface area contributed by atoms with Gasteiger partial charge in [0.1, 0.15) is 11.8 Å². The summed E-state index contributed by atoms with van der Waals surface area (Å²) in [4.78, 5) is 28.9. The molecule has 184 valence electrons. The minimum absolute atomic E-state index is 0.0800. The van der Waals surface area contributed by atoms with Crippen LogP contribution in [-0.4, -0.2) is 36.4 Å². The first-order valence-corrected chi connectivity index (χ1v) is 12.2. The third-order valence-corrected chi connectivity index (χ3v) is 6.23. The second-order valence-electron chi connectivity index (χ2n) is 8.97. The van der Waals surface area contributed by atoms with Crippen LogP contribution in [0.15, 0.2) is 72.8 Å². The van der Waals surface area contributed by atoms with Gasteiger partial charge < -0.3 is 15.0 Å². The summed E-state index contributed by atoms with van der Waals surface area (Å²) in [5.41, 5.74) is 5.21. The molecule has 0 aliphatic carbocycles. The van der Waals surface area contributed by atoms with Gasteiger partial charge in [-0.3, -0.25) is 9.59 Å². The summed E-state index contributed by atoms with van der Waals surface area (Å²) in [7, 11) is 1.62. The van der Waals surface area contributed by atoms with Gasteiger partial charge in [0, 0.05) is 19.5 Å². The molecule has 5 nitrogen and oxygen atoms in total. The van der Waals surface area contributed by atoms with Gasteiger partial charge in [0.05, 0.1) is 13.5 Å². The molecule has 3 aromatic carbocycles. The smallest absolute Gasteiger partial charge is 0.243 e. The number of carbonyl (C=O) groups excluding carboxylic acids is 2. The molecule has 0 bridgehead atoms.